The minimum Gasteiger partial charge on any atom is -0.478 e. The van der Waals surface area contributed by atoms with E-state index in [9.17, 15) is 14.7 Å². The van der Waals surface area contributed by atoms with Crippen LogP contribution in [0, 0.1) is 6.92 Å². The predicted molar refractivity (Wildman–Crippen MR) is 114 cm³/mol. The molecule has 1 aliphatic heterocycles. The number of carbonyl (C=O) groups excluding carboxylic acids is 1. The molecule has 1 saturated heterocycles. The molecule has 0 aliphatic carbocycles. The molecule has 4 nitrogen and oxygen atoms in total. The Morgan fingerprint density at radius 1 is 1.22 bits per heavy atom. The van der Waals surface area contributed by atoms with E-state index >= 15 is 0 Å². The van der Waals surface area contributed by atoms with E-state index in [2.05, 4.69) is 0 Å². The summed E-state index contributed by atoms with van der Waals surface area (Å²) in [6.07, 6.45) is 3.33. The topological polar surface area (TPSA) is 57.6 Å². The van der Waals surface area contributed by atoms with Gasteiger partial charge in [0.25, 0.3) is 5.91 Å². The van der Waals surface area contributed by atoms with Crippen LogP contribution in [0.2, 0.25) is 0 Å². The van der Waals surface area contributed by atoms with Crippen LogP contribution in [0.15, 0.2) is 64.5 Å². The molecule has 0 bridgehead atoms. The van der Waals surface area contributed by atoms with Crippen LogP contribution in [0.1, 0.15) is 21.5 Å². The van der Waals surface area contributed by atoms with Gasteiger partial charge in [-0.2, -0.15) is 0 Å². The van der Waals surface area contributed by atoms with Gasteiger partial charge in [-0.25, -0.2) is 4.79 Å². The molecule has 136 valence electrons. The van der Waals surface area contributed by atoms with Gasteiger partial charge in [-0.3, -0.25) is 9.69 Å². The lowest BCUT2D eigenvalue weighted by atomic mass is 10.1. The Balaban J connectivity index is 1.93. The Bertz CT molecular complexity index is 1000. The van der Waals surface area contributed by atoms with Crippen LogP contribution in [0.5, 0.6) is 0 Å². The molecule has 1 amide bonds. The maximum atomic E-state index is 12.9. The molecule has 2 aromatic carbocycles. The van der Waals surface area contributed by atoms with E-state index in [1.165, 1.54) is 17.0 Å². The van der Waals surface area contributed by atoms with E-state index < -0.39 is 5.97 Å². The van der Waals surface area contributed by atoms with Crippen LogP contribution in [-0.4, -0.2) is 21.3 Å². The van der Waals surface area contributed by atoms with Crippen molar-refractivity contribution in [2.75, 3.05) is 4.90 Å². The number of thiocarbonyl (C=S) groups is 1. The number of aromatic carboxylic acids is 1. The Kier molecular flexibility index (Phi) is 5.79. The van der Waals surface area contributed by atoms with Gasteiger partial charge in [0.2, 0.25) is 0 Å². The number of aryl methyl sites for hydroxylation is 1. The molecule has 0 aromatic heterocycles. The number of anilines is 1. The molecule has 0 spiro atoms. The maximum Gasteiger partial charge on any atom is 0.335 e. The van der Waals surface area contributed by atoms with Crippen molar-refractivity contribution in [1.29, 1.82) is 0 Å². The third kappa shape index (κ3) is 4.30. The SMILES string of the molecule is Cc1ccc(C(=O)O)cc1N1C(=O)/C(=C/C(Cl)=C/c2ccccc2)SC1=S. The van der Waals surface area contributed by atoms with Crippen molar-refractivity contribution in [3.63, 3.8) is 0 Å². The molecule has 0 radical (unpaired) electrons. The van der Waals surface area contributed by atoms with Crippen LogP contribution in [0.3, 0.4) is 0 Å². The Morgan fingerprint density at radius 3 is 2.59 bits per heavy atom. The van der Waals surface area contributed by atoms with Gasteiger partial charge in [0.1, 0.15) is 0 Å². The summed E-state index contributed by atoms with van der Waals surface area (Å²) in [6.45, 7) is 1.80. The van der Waals surface area contributed by atoms with Gasteiger partial charge in [-0.1, -0.05) is 72.0 Å². The molecule has 0 saturated carbocycles. The first-order valence-corrected chi connectivity index (χ1v) is 9.51. The number of rotatable bonds is 4. The van der Waals surface area contributed by atoms with Crippen LogP contribution >= 0.6 is 35.6 Å². The van der Waals surface area contributed by atoms with Crippen LogP contribution in [-0.2, 0) is 4.79 Å². The number of hydrogen-bond donors (Lipinski definition) is 1. The second kappa shape index (κ2) is 8.08. The van der Waals surface area contributed by atoms with Crippen molar-refractivity contribution in [2.45, 2.75) is 6.92 Å². The van der Waals surface area contributed by atoms with Gasteiger partial charge in [0, 0.05) is 5.03 Å². The number of hydrogen-bond acceptors (Lipinski definition) is 4. The fourth-order valence-electron chi connectivity index (χ4n) is 2.53. The molecule has 1 fully saturated rings. The third-order valence-corrected chi connectivity index (χ3v) is 5.38. The number of amides is 1. The van der Waals surface area contributed by atoms with Crippen LogP contribution < -0.4 is 4.90 Å². The quantitative estimate of drug-likeness (QED) is 0.547. The van der Waals surface area contributed by atoms with E-state index in [4.69, 9.17) is 23.8 Å². The van der Waals surface area contributed by atoms with Gasteiger partial charge in [0.05, 0.1) is 16.2 Å². The standard InChI is InChI=1S/C20H14ClNO3S2/c1-12-7-8-14(19(24)25)10-16(12)22-18(23)17(27-20(22)26)11-15(21)9-13-5-3-2-4-6-13/h2-11H,1H3,(H,24,25)/b15-9-,17-11-. The minimum atomic E-state index is -1.06. The molecule has 2 aromatic rings. The van der Waals surface area contributed by atoms with Crippen LogP contribution in [0.25, 0.3) is 6.08 Å². The summed E-state index contributed by atoms with van der Waals surface area (Å²) >= 11 is 12.8. The number of halogens is 1. The summed E-state index contributed by atoms with van der Waals surface area (Å²) in [4.78, 5) is 25.8. The zero-order chi connectivity index (χ0) is 19.6. The first-order chi connectivity index (χ1) is 12.9. The van der Waals surface area contributed by atoms with Crippen molar-refractivity contribution in [3.8, 4) is 0 Å². The number of carboxylic acid groups (broad SMARTS) is 1. The highest BCUT2D eigenvalue weighted by molar-refractivity contribution is 8.27. The van der Waals surface area contributed by atoms with Crippen molar-refractivity contribution >= 4 is 63.5 Å². The van der Waals surface area contributed by atoms with Crippen molar-refractivity contribution in [1.82, 2.24) is 0 Å². The summed E-state index contributed by atoms with van der Waals surface area (Å²) in [5.74, 6) is -1.39. The molecule has 0 unspecified atom stereocenters. The van der Waals surface area contributed by atoms with Gasteiger partial charge >= 0.3 is 5.97 Å². The van der Waals surface area contributed by atoms with E-state index in [-0.39, 0.29) is 11.5 Å². The third-order valence-electron chi connectivity index (χ3n) is 3.86. The van der Waals surface area contributed by atoms with Gasteiger partial charge in [0.15, 0.2) is 4.32 Å². The highest BCUT2D eigenvalue weighted by atomic mass is 35.5. The zero-order valence-electron chi connectivity index (χ0n) is 14.2. The smallest absolute Gasteiger partial charge is 0.335 e. The molecule has 1 heterocycles. The van der Waals surface area contributed by atoms with E-state index in [1.54, 1.807) is 25.1 Å². The van der Waals surface area contributed by atoms with E-state index in [1.807, 2.05) is 30.3 Å². The minimum absolute atomic E-state index is 0.0932. The molecule has 1 N–H and O–H groups in total. The molecule has 1 aliphatic rings. The number of allylic oxidation sites excluding steroid dienone is 2. The van der Waals surface area contributed by atoms with E-state index in [0.717, 1.165) is 22.9 Å². The van der Waals surface area contributed by atoms with Crippen LogP contribution in [0.4, 0.5) is 5.69 Å². The summed E-state index contributed by atoms with van der Waals surface area (Å²) in [5, 5.41) is 9.61. The number of nitrogens with zero attached hydrogens (tertiary/aromatic N) is 1. The second-order valence-corrected chi connectivity index (χ2v) is 7.88. The maximum absolute atomic E-state index is 12.9. The van der Waals surface area contributed by atoms with Gasteiger partial charge < -0.3 is 5.11 Å². The lowest BCUT2D eigenvalue weighted by Crippen LogP contribution is -2.28. The largest absolute Gasteiger partial charge is 0.478 e. The Morgan fingerprint density at radius 2 is 1.93 bits per heavy atom. The number of thioether (sulfide) groups is 1. The normalized spacial score (nSPS) is 16.3. The zero-order valence-corrected chi connectivity index (χ0v) is 16.6. The summed E-state index contributed by atoms with van der Waals surface area (Å²) in [5.41, 5.74) is 2.22. The molecule has 0 atom stereocenters. The van der Waals surface area contributed by atoms with Crippen molar-refractivity contribution in [2.24, 2.45) is 0 Å². The molecular formula is C20H14ClNO3S2. The Labute approximate surface area is 171 Å². The monoisotopic (exact) mass is 415 g/mol. The number of benzene rings is 2. The molecule has 7 heteroatoms. The Hall–Kier alpha value is -2.41. The summed E-state index contributed by atoms with van der Waals surface area (Å²) in [7, 11) is 0. The molecular weight excluding hydrogens is 402 g/mol. The predicted octanol–water partition coefficient (Wildman–Crippen LogP) is 5.22. The van der Waals surface area contributed by atoms with Gasteiger partial charge in [-0.05, 0) is 42.3 Å². The lowest BCUT2D eigenvalue weighted by Gasteiger charge is -2.17. The first kappa shape index (κ1) is 19.4. The number of carboxylic acids is 1. The average Bonchev–Trinajstić information content (AvgIpc) is 2.89. The second-order valence-electron chi connectivity index (χ2n) is 5.76. The fourth-order valence-corrected chi connectivity index (χ4v) is 4.11. The summed E-state index contributed by atoms with van der Waals surface area (Å²) < 4.78 is 0.334. The number of carbonyl (C=O) groups is 2. The first-order valence-electron chi connectivity index (χ1n) is 7.91. The average molecular weight is 416 g/mol. The fraction of sp³-hybridized carbons (Fsp3) is 0.0500. The van der Waals surface area contributed by atoms with Crippen molar-refractivity contribution in [3.05, 3.63) is 81.2 Å². The lowest BCUT2D eigenvalue weighted by molar-refractivity contribution is -0.113. The van der Waals surface area contributed by atoms with Crippen molar-refractivity contribution < 1.29 is 14.7 Å². The van der Waals surface area contributed by atoms with E-state index in [0.29, 0.717) is 19.9 Å². The highest BCUT2D eigenvalue weighted by Gasteiger charge is 2.34. The van der Waals surface area contributed by atoms with Gasteiger partial charge in [-0.15, -0.1) is 0 Å². The summed E-state index contributed by atoms with van der Waals surface area (Å²) in [6, 6.07) is 14.1. The molecule has 27 heavy (non-hydrogen) atoms. The highest BCUT2D eigenvalue weighted by Crippen LogP contribution is 2.37. The molecule has 3 rings (SSSR count).